The van der Waals surface area contributed by atoms with Gasteiger partial charge in [-0.05, 0) is 6.92 Å². The predicted octanol–water partition coefficient (Wildman–Crippen LogP) is -18.9. The third kappa shape index (κ3) is 21.0. The summed E-state index contributed by atoms with van der Waals surface area (Å²) in [7, 11) is 0. The molecule has 9 saturated heterocycles. The van der Waals surface area contributed by atoms with E-state index in [1.165, 1.54) is 6.92 Å². The van der Waals surface area contributed by atoms with E-state index < -0.39 is 358 Å². The molecule has 9 rings (SSSR count). The Morgan fingerprint density at radius 1 is 0.246 bits per heavy atom. The SMILES string of the molecule is CC(=O)N[C@@H]1[C@@H](O)[C@H](O[C@@H]2O[C@H](CO)[C@@H](O[C@@H]3O[C@H](CO[C@H]4O[C@H](CO)[C@@H](O)[C@H](O)[C@@H]4O[C@@H]4O[C@H](CO)[C@@H](O[C@@H]5O[C@H](CO)[C@H](O)[C@H](O)[C@H]5NC(C)=O)[C@H](O)[C@H]4NC(C)=O)[C@@H](O)[C@H](O[C@H]4O[C@H](CO)[C@@H](O)[C@H](O)[C@@H]4O[C@@H]4O[C@H](CO)[C@@H](O)[C@H](O)[C@H]4NC(C)=O)[C@@H]3O)[C@H](O)[C@H]2NC(C)=O)[C@@H](CO[C@@H]2O[C@@H](C)[C@@H](O)[C@@H](O)[C@@H]2O)O[C@H]1O. The zero-order chi connectivity index (χ0) is 84.1. The van der Waals surface area contributed by atoms with Gasteiger partial charge >= 0.3 is 0 Å². The lowest BCUT2D eigenvalue weighted by Crippen LogP contribution is -2.71. The van der Waals surface area contributed by atoms with Gasteiger partial charge in [0, 0.05) is 34.6 Å². The molecule has 9 aliphatic heterocycles. The summed E-state index contributed by atoms with van der Waals surface area (Å²) in [6.45, 7) is -2.37. The van der Waals surface area contributed by atoms with E-state index in [9.17, 15) is 141 Å². The van der Waals surface area contributed by atoms with Gasteiger partial charge in [-0.2, -0.15) is 0 Å². The van der Waals surface area contributed by atoms with Gasteiger partial charge in [0.1, 0.15) is 213 Å². The van der Waals surface area contributed by atoms with Crippen LogP contribution in [0.1, 0.15) is 41.5 Å². The summed E-state index contributed by atoms with van der Waals surface area (Å²) < 4.78 is 102. The Morgan fingerprint density at radius 2 is 0.544 bits per heavy atom. The predicted molar refractivity (Wildman–Crippen MR) is 354 cm³/mol. The Hall–Kier alpha value is -4.25. The summed E-state index contributed by atoms with van der Waals surface area (Å²) >= 11 is 0. The standard InChI is InChI=1S/C64H107N5O45/c1-15-34(81)45(92)48(95)61(100-15)98-14-28-52(42(89)29(56(97)101-28)65-16(2)76)110-59-32(68-19(5)79)44(91)51(26(12-75)106-59)111-62-49(96)53(112-64-55(47(94)38(85)24(10-73)105-64)114-58-31(67-18(4)78)41(88)36(83)22(8-71)103-58)39(86)27(108-62)13-99-63-54(46(93)37(84)23(9-72)104-63)113-60-33(69-20(6)80)43(90)50(25(11-74)107-60)109-57-30(66-17(3)77)40(87)35(82)21(7-70)102-57/h15,21-64,70-75,81-97H,7-14H2,1-6H3,(H,65,76)(H,66,77)(H,67,78)(H,68,79)(H,69,80)/t15-,21+,22+,23+,24+,25+,26+,27+,28+,29+,30+,31+,32+,33+,34+,35-,36+,37+,38+,39+,40+,41+,42+,43+,44+,45+,46-,47-,48-,49-,50+,51+,52+,53-,54-,55-,56+,57-,58-,59-,60-,61+,62-,63-,64+/m0/s1. The van der Waals surface area contributed by atoms with Crippen molar-refractivity contribution < 1.29 is 222 Å². The number of aliphatic hydroxyl groups is 23. The van der Waals surface area contributed by atoms with Crippen LogP contribution in [0, 0.1) is 0 Å². The van der Waals surface area contributed by atoms with Crippen LogP contribution in [0.25, 0.3) is 0 Å². The van der Waals surface area contributed by atoms with E-state index in [-0.39, 0.29) is 0 Å². The molecule has 0 aromatic rings. The molecule has 9 fully saturated rings. The smallest absolute Gasteiger partial charge is 0.217 e. The number of carbonyl (C=O) groups excluding carboxylic acids is 5. The van der Waals surface area contributed by atoms with Crippen LogP contribution in [0.4, 0.5) is 0 Å². The first kappa shape index (κ1) is 93.6. The third-order valence-corrected chi connectivity index (χ3v) is 20.7. The van der Waals surface area contributed by atoms with Gasteiger partial charge in [-0.3, -0.25) is 24.0 Å². The first-order valence-corrected chi connectivity index (χ1v) is 36.5. The van der Waals surface area contributed by atoms with Crippen molar-refractivity contribution in [3.05, 3.63) is 0 Å². The van der Waals surface area contributed by atoms with Crippen LogP contribution < -0.4 is 26.6 Å². The molecule has 45 atom stereocenters. The minimum atomic E-state index is -2.56. The minimum absolute atomic E-state index is 0.795. The summed E-state index contributed by atoms with van der Waals surface area (Å²) in [5, 5.41) is 269. The minimum Gasteiger partial charge on any atom is -0.394 e. The van der Waals surface area contributed by atoms with Gasteiger partial charge in [-0.1, -0.05) is 0 Å². The summed E-state index contributed by atoms with van der Waals surface area (Å²) in [5.41, 5.74) is 0. The van der Waals surface area contributed by atoms with Gasteiger partial charge in [0.2, 0.25) is 29.5 Å². The van der Waals surface area contributed by atoms with E-state index in [1.54, 1.807) is 0 Å². The van der Waals surface area contributed by atoms with Crippen molar-refractivity contribution in [3.8, 4) is 0 Å². The lowest BCUT2D eigenvalue weighted by molar-refractivity contribution is -0.396. The maximum absolute atomic E-state index is 13.2. The van der Waals surface area contributed by atoms with E-state index >= 15 is 0 Å². The van der Waals surface area contributed by atoms with Crippen LogP contribution in [0.15, 0.2) is 0 Å². The van der Waals surface area contributed by atoms with Gasteiger partial charge in [0.05, 0.1) is 59.0 Å². The van der Waals surface area contributed by atoms with Gasteiger partial charge in [0.15, 0.2) is 56.6 Å². The molecule has 5 amide bonds. The molecular weight excluding hydrogens is 1560 g/mol. The van der Waals surface area contributed by atoms with Crippen LogP contribution in [0.2, 0.25) is 0 Å². The van der Waals surface area contributed by atoms with Crippen molar-refractivity contribution in [2.75, 3.05) is 52.9 Å². The van der Waals surface area contributed by atoms with E-state index in [0.717, 1.165) is 34.6 Å². The van der Waals surface area contributed by atoms with Crippen molar-refractivity contribution >= 4 is 29.5 Å². The lowest BCUT2D eigenvalue weighted by Gasteiger charge is -2.51. The van der Waals surface area contributed by atoms with Crippen molar-refractivity contribution in [1.82, 2.24) is 26.6 Å². The van der Waals surface area contributed by atoms with E-state index in [4.69, 9.17) is 80.5 Å². The van der Waals surface area contributed by atoms with Crippen LogP contribution in [0.5, 0.6) is 0 Å². The molecule has 50 heteroatoms. The van der Waals surface area contributed by atoms with E-state index in [1.807, 2.05) is 0 Å². The highest BCUT2D eigenvalue weighted by atomic mass is 16.8. The van der Waals surface area contributed by atoms with Crippen molar-refractivity contribution in [2.45, 2.75) is 318 Å². The fourth-order valence-electron chi connectivity index (χ4n) is 14.7. The topological polar surface area (TPSA) is 768 Å². The van der Waals surface area contributed by atoms with Crippen LogP contribution in [-0.2, 0) is 104 Å². The second kappa shape index (κ2) is 40.9. The van der Waals surface area contributed by atoms with E-state index in [2.05, 4.69) is 26.6 Å². The largest absolute Gasteiger partial charge is 0.394 e. The molecule has 658 valence electrons. The van der Waals surface area contributed by atoms with Crippen molar-refractivity contribution in [3.63, 3.8) is 0 Å². The van der Waals surface area contributed by atoms with Crippen LogP contribution in [0.3, 0.4) is 0 Å². The first-order chi connectivity index (χ1) is 53.8. The summed E-state index contributed by atoms with van der Waals surface area (Å²) in [6, 6.07) is -9.06. The molecule has 0 radical (unpaired) electrons. The maximum Gasteiger partial charge on any atom is 0.217 e. The summed E-state index contributed by atoms with van der Waals surface area (Å²) in [5.74, 6) is -4.39. The first-order valence-electron chi connectivity index (χ1n) is 36.5. The molecule has 0 aromatic heterocycles. The highest BCUT2D eigenvalue weighted by Gasteiger charge is 2.61. The fraction of sp³-hybridized carbons (Fsp3) is 0.922. The van der Waals surface area contributed by atoms with Gasteiger partial charge in [0.25, 0.3) is 0 Å². The Labute approximate surface area is 646 Å². The number of aliphatic hydroxyl groups excluding tert-OH is 23. The van der Waals surface area contributed by atoms with Crippen LogP contribution in [-0.4, -0.2) is 476 Å². The number of hydrogen-bond donors (Lipinski definition) is 28. The lowest BCUT2D eigenvalue weighted by atomic mass is 9.93. The van der Waals surface area contributed by atoms with Crippen molar-refractivity contribution in [1.29, 1.82) is 0 Å². The zero-order valence-electron chi connectivity index (χ0n) is 61.9. The number of nitrogens with one attached hydrogen (secondary N) is 5. The molecule has 0 aliphatic carbocycles. The molecule has 0 unspecified atom stereocenters. The normalized spacial score (nSPS) is 48.2. The number of rotatable bonds is 29. The van der Waals surface area contributed by atoms with Gasteiger partial charge < -0.3 is 225 Å². The van der Waals surface area contributed by atoms with Crippen molar-refractivity contribution in [2.24, 2.45) is 0 Å². The summed E-state index contributed by atoms with van der Waals surface area (Å²) in [4.78, 5) is 63.4. The highest BCUT2D eigenvalue weighted by Crippen LogP contribution is 2.40. The van der Waals surface area contributed by atoms with E-state index in [0.29, 0.717) is 0 Å². The average molecular weight is 1670 g/mol. The molecular formula is C64H107N5O45. The number of carbonyl (C=O) groups is 5. The molecule has 50 nitrogen and oxygen atoms in total. The Kier molecular flexibility index (Phi) is 33.6. The quantitative estimate of drug-likeness (QED) is 0.0331. The second-order valence-corrected chi connectivity index (χ2v) is 28.9. The molecule has 0 spiro atoms. The fourth-order valence-corrected chi connectivity index (χ4v) is 14.7. The molecule has 0 aromatic carbocycles. The highest BCUT2D eigenvalue weighted by molar-refractivity contribution is 5.75. The number of amides is 5. The Morgan fingerprint density at radius 3 is 0.956 bits per heavy atom. The Bertz CT molecular complexity index is 3080. The monoisotopic (exact) mass is 1670 g/mol. The van der Waals surface area contributed by atoms with Gasteiger partial charge in [-0.25, -0.2) is 0 Å². The number of ether oxygens (including phenoxy) is 17. The average Bonchev–Trinajstić information content (AvgIpc) is 0.770. The maximum atomic E-state index is 13.2. The van der Waals surface area contributed by atoms with Crippen LogP contribution >= 0.6 is 0 Å². The molecule has 0 bridgehead atoms. The molecule has 28 N–H and O–H groups in total. The Balaban J connectivity index is 1.05. The third-order valence-electron chi connectivity index (χ3n) is 20.7. The second-order valence-electron chi connectivity index (χ2n) is 28.9. The summed E-state index contributed by atoms with van der Waals surface area (Å²) in [6.07, 6.45) is -81.1. The molecule has 9 aliphatic rings. The molecule has 114 heavy (non-hydrogen) atoms. The molecule has 0 saturated carbocycles. The number of hydrogen-bond acceptors (Lipinski definition) is 45. The molecule has 9 heterocycles. The van der Waals surface area contributed by atoms with Gasteiger partial charge in [-0.15, -0.1) is 0 Å². The zero-order valence-corrected chi connectivity index (χ0v) is 61.9.